The van der Waals surface area contributed by atoms with Gasteiger partial charge in [0.1, 0.15) is 0 Å². The Morgan fingerprint density at radius 1 is 1.31 bits per heavy atom. The molecule has 4 heteroatoms. The summed E-state index contributed by atoms with van der Waals surface area (Å²) in [7, 11) is -2.81. The third kappa shape index (κ3) is 5.66. The molecule has 0 saturated heterocycles. The number of allylic oxidation sites excluding steroid dienone is 2. The van der Waals surface area contributed by atoms with Crippen LogP contribution >= 0.6 is 0 Å². The summed E-state index contributed by atoms with van der Waals surface area (Å²) in [5.74, 6) is 1.29. The van der Waals surface area contributed by atoms with Gasteiger partial charge in [-0.25, -0.2) is 8.42 Å². The molecular formula is C12H23NO2S. The molecule has 0 spiro atoms. The van der Waals surface area contributed by atoms with Crippen molar-refractivity contribution in [1.29, 1.82) is 0 Å². The second-order valence-corrected chi connectivity index (χ2v) is 6.81. The fourth-order valence-electron chi connectivity index (χ4n) is 1.99. The van der Waals surface area contributed by atoms with Crippen LogP contribution in [0.1, 0.15) is 32.6 Å². The van der Waals surface area contributed by atoms with Crippen LogP contribution in [-0.4, -0.2) is 33.0 Å². The van der Waals surface area contributed by atoms with Gasteiger partial charge in [-0.2, -0.15) is 0 Å². The van der Waals surface area contributed by atoms with Gasteiger partial charge in [-0.15, -0.1) is 0 Å². The van der Waals surface area contributed by atoms with E-state index in [4.69, 9.17) is 0 Å². The van der Waals surface area contributed by atoms with E-state index < -0.39 is 9.84 Å². The van der Waals surface area contributed by atoms with Crippen molar-refractivity contribution in [2.45, 2.75) is 32.6 Å². The Bertz CT molecular complexity index is 309. The highest BCUT2D eigenvalue weighted by atomic mass is 32.2. The van der Waals surface area contributed by atoms with Gasteiger partial charge in [-0.05, 0) is 38.1 Å². The number of hydrogen-bond donors (Lipinski definition) is 1. The lowest BCUT2D eigenvalue weighted by Gasteiger charge is -2.18. The van der Waals surface area contributed by atoms with Crippen LogP contribution in [-0.2, 0) is 9.84 Å². The number of sulfone groups is 1. The topological polar surface area (TPSA) is 46.2 Å². The average Bonchev–Trinajstić information content (AvgIpc) is 2.26. The van der Waals surface area contributed by atoms with Gasteiger partial charge in [0.15, 0.2) is 9.84 Å². The van der Waals surface area contributed by atoms with Crippen LogP contribution in [0.15, 0.2) is 12.2 Å². The minimum atomic E-state index is -2.81. The van der Waals surface area contributed by atoms with Gasteiger partial charge in [-0.1, -0.05) is 19.1 Å². The Balaban J connectivity index is 2.09. The number of nitrogens with one attached hydrogen (secondary N) is 1. The molecule has 0 fully saturated rings. The van der Waals surface area contributed by atoms with Gasteiger partial charge in [0.25, 0.3) is 0 Å². The Morgan fingerprint density at radius 2 is 2.12 bits per heavy atom. The summed E-state index contributed by atoms with van der Waals surface area (Å²) in [5, 5.41) is 3.26. The van der Waals surface area contributed by atoms with Crippen LogP contribution in [0.25, 0.3) is 0 Å². The third-order valence-electron chi connectivity index (χ3n) is 2.92. The van der Waals surface area contributed by atoms with Crippen molar-refractivity contribution >= 4 is 9.84 Å². The first kappa shape index (κ1) is 13.7. The standard InChI is InChI=1S/C12H23NO2S/c1-2-9-16(14,15)10-8-13-11-12-6-4-3-5-7-12/h3-4,12-13H,2,5-11H2,1H3. The van der Waals surface area contributed by atoms with Crippen molar-refractivity contribution in [3.8, 4) is 0 Å². The van der Waals surface area contributed by atoms with Crippen LogP contribution < -0.4 is 5.32 Å². The normalized spacial score (nSPS) is 21.2. The molecule has 0 aromatic rings. The van der Waals surface area contributed by atoms with E-state index in [2.05, 4.69) is 17.5 Å². The van der Waals surface area contributed by atoms with Crippen molar-refractivity contribution in [3.05, 3.63) is 12.2 Å². The minimum absolute atomic E-state index is 0.281. The van der Waals surface area contributed by atoms with E-state index in [0.29, 0.717) is 18.2 Å². The molecule has 1 aliphatic rings. The van der Waals surface area contributed by atoms with E-state index in [-0.39, 0.29) is 5.75 Å². The molecule has 1 atom stereocenters. The molecule has 0 amide bonds. The number of hydrogen-bond acceptors (Lipinski definition) is 3. The summed E-state index contributed by atoms with van der Waals surface area (Å²) in [6, 6.07) is 0. The summed E-state index contributed by atoms with van der Waals surface area (Å²) in [6.45, 7) is 3.45. The Kier molecular flexibility index (Phi) is 6.06. The van der Waals surface area contributed by atoms with Crippen molar-refractivity contribution in [1.82, 2.24) is 5.32 Å². The quantitative estimate of drug-likeness (QED) is 0.549. The minimum Gasteiger partial charge on any atom is -0.315 e. The van der Waals surface area contributed by atoms with E-state index >= 15 is 0 Å². The fraction of sp³-hybridized carbons (Fsp3) is 0.833. The monoisotopic (exact) mass is 245 g/mol. The Hall–Kier alpha value is -0.350. The maximum absolute atomic E-state index is 11.4. The molecule has 1 rings (SSSR count). The van der Waals surface area contributed by atoms with Gasteiger partial charge in [0.2, 0.25) is 0 Å². The van der Waals surface area contributed by atoms with Crippen LogP contribution in [0.2, 0.25) is 0 Å². The molecule has 0 radical (unpaired) electrons. The smallest absolute Gasteiger partial charge is 0.151 e. The first-order valence-corrected chi connectivity index (χ1v) is 8.02. The van der Waals surface area contributed by atoms with Crippen molar-refractivity contribution in [2.24, 2.45) is 5.92 Å². The lowest BCUT2D eigenvalue weighted by molar-refractivity contribution is 0.446. The van der Waals surface area contributed by atoms with Gasteiger partial charge < -0.3 is 5.32 Å². The van der Waals surface area contributed by atoms with Crippen molar-refractivity contribution < 1.29 is 8.42 Å². The molecular weight excluding hydrogens is 222 g/mol. The van der Waals surface area contributed by atoms with Gasteiger partial charge in [0, 0.05) is 12.3 Å². The van der Waals surface area contributed by atoms with E-state index in [0.717, 1.165) is 19.4 Å². The van der Waals surface area contributed by atoms with Gasteiger partial charge >= 0.3 is 0 Å². The zero-order valence-corrected chi connectivity index (χ0v) is 10.9. The Labute approximate surface area is 99.2 Å². The van der Waals surface area contributed by atoms with E-state index in [1.807, 2.05) is 6.92 Å². The summed E-state index contributed by atoms with van der Waals surface area (Å²) < 4.78 is 22.9. The molecule has 0 aromatic carbocycles. The second-order valence-electron chi connectivity index (χ2n) is 4.51. The van der Waals surface area contributed by atoms with Gasteiger partial charge in [-0.3, -0.25) is 0 Å². The molecule has 1 unspecified atom stereocenters. The van der Waals surface area contributed by atoms with Crippen LogP contribution in [0.3, 0.4) is 0 Å². The fourth-order valence-corrected chi connectivity index (χ4v) is 3.27. The molecule has 0 aliphatic heterocycles. The maximum atomic E-state index is 11.4. The number of rotatable bonds is 7. The lowest BCUT2D eigenvalue weighted by atomic mass is 9.94. The van der Waals surface area contributed by atoms with E-state index in [1.54, 1.807) is 0 Å². The predicted molar refractivity (Wildman–Crippen MR) is 68.3 cm³/mol. The van der Waals surface area contributed by atoms with E-state index in [1.165, 1.54) is 12.8 Å². The molecule has 94 valence electrons. The lowest BCUT2D eigenvalue weighted by Crippen LogP contribution is -2.29. The molecule has 0 heterocycles. The average molecular weight is 245 g/mol. The van der Waals surface area contributed by atoms with Crippen LogP contribution in [0, 0.1) is 5.92 Å². The van der Waals surface area contributed by atoms with Crippen molar-refractivity contribution in [3.63, 3.8) is 0 Å². The van der Waals surface area contributed by atoms with Gasteiger partial charge in [0.05, 0.1) is 5.75 Å². The SMILES string of the molecule is CCCS(=O)(=O)CCNCC1CC=CCC1. The molecule has 1 aliphatic carbocycles. The van der Waals surface area contributed by atoms with Crippen molar-refractivity contribution in [2.75, 3.05) is 24.6 Å². The molecule has 16 heavy (non-hydrogen) atoms. The molecule has 1 N–H and O–H groups in total. The predicted octanol–water partition coefficient (Wildman–Crippen LogP) is 1.76. The summed E-state index contributed by atoms with van der Waals surface area (Å²) in [4.78, 5) is 0. The van der Waals surface area contributed by atoms with Crippen LogP contribution in [0.4, 0.5) is 0 Å². The van der Waals surface area contributed by atoms with Crippen LogP contribution in [0.5, 0.6) is 0 Å². The first-order chi connectivity index (χ1) is 7.64. The largest absolute Gasteiger partial charge is 0.315 e. The molecule has 3 nitrogen and oxygen atoms in total. The Morgan fingerprint density at radius 3 is 2.75 bits per heavy atom. The zero-order valence-electron chi connectivity index (χ0n) is 10.1. The highest BCUT2D eigenvalue weighted by molar-refractivity contribution is 7.91. The van der Waals surface area contributed by atoms with E-state index in [9.17, 15) is 8.42 Å². The molecule has 0 bridgehead atoms. The molecule has 0 saturated carbocycles. The second kappa shape index (κ2) is 7.07. The molecule has 0 aromatic heterocycles. The first-order valence-electron chi connectivity index (χ1n) is 6.20. The third-order valence-corrected chi connectivity index (χ3v) is 4.77. The highest BCUT2D eigenvalue weighted by Gasteiger charge is 2.11. The highest BCUT2D eigenvalue weighted by Crippen LogP contribution is 2.16. The summed E-state index contributed by atoms with van der Waals surface area (Å²) in [6.07, 6.45) is 8.70. The zero-order chi connectivity index (χ0) is 11.9. The maximum Gasteiger partial charge on any atom is 0.151 e. The summed E-state index contributed by atoms with van der Waals surface area (Å²) >= 11 is 0. The summed E-state index contributed by atoms with van der Waals surface area (Å²) in [5.41, 5.74) is 0.